The number of carbonyl (C=O) groups excluding carboxylic acids is 1. The van der Waals surface area contributed by atoms with E-state index in [2.05, 4.69) is 19.2 Å². The minimum atomic E-state index is -1.66. The van der Waals surface area contributed by atoms with Gasteiger partial charge in [0, 0.05) is 0 Å². The number of carbonyl (C=O) groups is 1. The van der Waals surface area contributed by atoms with Gasteiger partial charge in [0.15, 0.2) is 6.29 Å². The summed E-state index contributed by atoms with van der Waals surface area (Å²) in [6, 6.07) is -1.16. The molecule has 0 bridgehead atoms. The quantitative estimate of drug-likeness (QED) is 0.0272. The fourth-order valence-corrected chi connectivity index (χ4v) is 10.2. The van der Waals surface area contributed by atoms with E-state index in [9.17, 15) is 40.5 Å². The number of hydrogen-bond acceptors (Lipinski definition) is 10. The zero-order chi connectivity index (χ0) is 51.1. The first-order valence-corrected chi connectivity index (χ1v) is 30.4. The van der Waals surface area contributed by atoms with E-state index >= 15 is 0 Å². The van der Waals surface area contributed by atoms with Gasteiger partial charge < -0.3 is 50.5 Å². The van der Waals surface area contributed by atoms with Gasteiger partial charge in [-0.2, -0.15) is 0 Å². The maximum absolute atomic E-state index is 13.2. The molecule has 11 heteroatoms. The number of aliphatic hydroxyl groups excluding tert-OH is 7. The molecule has 0 aliphatic carbocycles. The van der Waals surface area contributed by atoms with Crippen molar-refractivity contribution in [3.63, 3.8) is 0 Å². The first kappa shape index (κ1) is 67.1. The summed E-state index contributed by atoms with van der Waals surface area (Å²) in [5.74, 6) is -0.689. The van der Waals surface area contributed by atoms with Crippen LogP contribution in [0, 0.1) is 0 Å². The highest BCUT2D eigenvalue weighted by Gasteiger charge is 2.44. The molecule has 9 unspecified atom stereocenters. The maximum atomic E-state index is 13.2. The summed E-state index contributed by atoms with van der Waals surface area (Å²) in [6.45, 7) is 3.51. The number of aliphatic hydroxyl groups is 7. The Morgan fingerprint density at radius 3 is 1.06 bits per heavy atom. The third kappa shape index (κ3) is 36.9. The Morgan fingerprint density at radius 1 is 0.443 bits per heavy atom. The topological polar surface area (TPSA) is 189 Å². The van der Waals surface area contributed by atoms with Crippen molar-refractivity contribution in [1.29, 1.82) is 0 Å². The summed E-state index contributed by atoms with van der Waals surface area (Å²) in [7, 11) is 0. The van der Waals surface area contributed by atoms with Gasteiger partial charge in [0.25, 0.3) is 0 Å². The molecule has 0 radical (unpaired) electrons. The predicted octanol–water partition coefficient (Wildman–Crippen LogP) is 13.0. The number of hydrogen-bond donors (Lipinski definition) is 8. The molecule has 9 atom stereocenters. The van der Waals surface area contributed by atoms with E-state index in [-0.39, 0.29) is 6.42 Å². The van der Waals surface area contributed by atoms with Gasteiger partial charge in [0.1, 0.15) is 36.6 Å². The second-order valence-corrected chi connectivity index (χ2v) is 21.8. The van der Waals surface area contributed by atoms with E-state index in [0.717, 1.165) is 38.5 Å². The molecule has 0 aromatic carbocycles. The van der Waals surface area contributed by atoms with Crippen LogP contribution in [-0.4, -0.2) is 110 Å². The van der Waals surface area contributed by atoms with E-state index in [1.54, 1.807) is 0 Å². The second kappa shape index (κ2) is 49.0. The molecule has 1 aliphatic rings. The lowest BCUT2D eigenvalue weighted by Gasteiger charge is -2.40. The zero-order valence-corrected chi connectivity index (χ0v) is 45.8. The van der Waals surface area contributed by atoms with Crippen molar-refractivity contribution in [2.24, 2.45) is 0 Å². The van der Waals surface area contributed by atoms with Crippen LogP contribution in [0.4, 0.5) is 0 Å². The number of rotatable bonds is 53. The molecule has 0 spiro atoms. The smallest absolute Gasteiger partial charge is 0.249 e. The van der Waals surface area contributed by atoms with Crippen LogP contribution in [0.2, 0.25) is 0 Å². The van der Waals surface area contributed by atoms with Gasteiger partial charge in [-0.15, -0.1) is 0 Å². The molecule has 418 valence electrons. The molecule has 1 fully saturated rings. The summed E-state index contributed by atoms with van der Waals surface area (Å²) in [5, 5.41) is 76.3. The van der Waals surface area contributed by atoms with Crippen molar-refractivity contribution in [3.05, 3.63) is 0 Å². The third-order valence-corrected chi connectivity index (χ3v) is 15.2. The fourth-order valence-electron chi connectivity index (χ4n) is 10.2. The monoisotopic (exact) mass is 1000 g/mol. The molecule has 1 heterocycles. The van der Waals surface area contributed by atoms with Crippen LogP contribution in [-0.2, 0) is 14.3 Å². The lowest BCUT2D eigenvalue weighted by molar-refractivity contribution is -0.303. The second-order valence-electron chi connectivity index (χ2n) is 21.8. The summed E-state index contributed by atoms with van der Waals surface area (Å²) < 4.78 is 11.2. The van der Waals surface area contributed by atoms with Crippen molar-refractivity contribution >= 4 is 5.91 Å². The molecule has 0 aromatic rings. The van der Waals surface area contributed by atoms with Crippen LogP contribution < -0.4 is 5.32 Å². The predicted molar refractivity (Wildman–Crippen MR) is 289 cm³/mol. The van der Waals surface area contributed by atoms with Gasteiger partial charge in [-0.3, -0.25) is 4.79 Å². The van der Waals surface area contributed by atoms with Crippen molar-refractivity contribution in [1.82, 2.24) is 5.32 Å². The number of ether oxygens (including phenoxy) is 2. The highest BCUT2D eigenvalue weighted by molar-refractivity contribution is 5.80. The summed E-state index contributed by atoms with van der Waals surface area (Å²) in [6.07, 6.45) is 44.4. The Kier molecular flexibility index (Phi) is 47.0. The summed E-state index contributed by atoms with van der Waals surface area (Å²) >= 11 is 0. The Balaban J connectivity index is 2.27. The molecular weight excluding hydrogens is 883 g/mol. The first-order valence-electron chi connectivity index (χ1n) is 30.4. The van der Waals surface area contributed by atoms with Crippen LogP contribution in [0.15, 0.2) is 0 Å². The maximum Gasteiger partial charge on any atom is 0.249 e. The van der Waals surface area contributed by atoms with Crippen LogP contribution in [0.25, 0.3) is 0 Å². The number of amides is 1. The Hall–Kier alpha value is -0.890. The highest BCUT2D eigenvalue weighted by Crippen LogP contribution is 2.24. The molecule has 0 saturated carbocycles. The molecule has 1 saturated heterocycles. The number of nitrogens with one attached hydrogen (secondary N) is 1. The summed E-state index contributed by atoms with van der Waals surface area (Å²) in [4.78, 5) is 13.2. The van der Waals surface area contributed by atoms with Crippen LogP contribution in [0.5, 0.6) is 0 Å². The van der Waals surface area contributed by atoms with Gasteiger partial charge in [0.05, 0.1) is 25.4 Å². The standard InChI is InChI=1S/C59H117NO10/c1-3-5-7-9-11-13-15-17-19-21-23-24-25-26-27-29-31-33-35-37-39-41-43-45-47-52(63)58(68)60-50(49-69-59-57(67)56(66)55(65)53(48-61)70-59)54(64)51(62)46-44-42-40-38-36-34-32-30-28-22-20-18-16-14-12-10-8-6-4-2/h50-57,59,61-67H,3-49H2,1-2H3,(H,60,68). The van der Waals surface area contributed by atoms with E-state index in [4.69, 9.17) is 9.47 Å². The lowest BCUT2D eigenvalue weighted by atomic mass is 9.98. The molecule has 11 nitrogen and oxygen atoms in total. The van der Waals surface area contributed by atoms with E-state index in [1.807, 2.05) is 0 Å². The average Bonchev–Trinajstić information content (AvgIpc) is 3.36. The lowest BCUT2D eigenvalue weighted by Crippen LogP contribution is -2.60. The van der Waals surface area contributed by atoms with E-state index < -0.39 is 74.2 Å². The molecule has 8 N–H and O–H groups in total. The van der Waals surface area contributed by atoms with Crippen molar-refractivity contribution in [2.45, 2.75) is 358 Å². The molecular formula is C59H117NO10. The van der Waals surface area contributed by atoms with Crippen LogP contribution >= 0.6 is 0 Å². The van der Waals surface area contributed by atoms with Gasteiger partial charge >= 0.3 is 0 Å². The van der Waals surface area contributed by atoms with Gasteiger partial charge in [-0.05, 0) is 12.8 Å². The Labute approximate surface area is 430 Å². The fraction of sp³-hybridized carbons (Fsp3) is 0.983. The molecule has 0 aromatic heterocycles. The Morgan fingerprint density at radius 2 is 0.743 bits per heavy atom. The third-order valence-electron chi connectivity index (χ3n) is 15.2. The van der Waals surface area contributed by atoms with Gasteiger partial charge in [-0.25, -0.2) is 0 Å². The zero-order valence-electron chi connectivity index (χ0n) is 45.8. The Bertz CT molecular complexity index is 1100. The highest BCUT2D eigenvalue weighted by atomic mass is 16.7. The van der Waals surface area contributed by atoms with Crippen molar-refractivity contribution in [2.75, 3.05) is 13.2 Å². The van der Waals surface area contributed by atoms with Gasteiger partial charge in [-0.1, -0.05) is 290 Å². The van der Waals surface area contributed by atoms with Crippen molar-refractivity contribution in [3.8, 4) is 0 Å². The largest absolute Gasteiger partial charge is 0.394 e. The van der Waals surface area contributed by atoms with E-state index in [1.165, 1.54) is 225 Å². The molecule has 1 amide bonds. The normalized spacial score (nSPS) is 20.2. The van der Waals surface area contributed by atoms with Crippen LogP contribution in [0.3, 0.4) is 0 Å². The van der Waals surface area contributed by atoms with Gasteiger partial charge in [0.2, 0.25) is 5.91 Å². The van der Waals surface area contributed by atoms with E-state index in [0.29, 0.717) is 19.3 Å². The number of unbranched alkanes of at least 4 members (excludes halogenated alkanes) is 41. The first-order chi connectivity index (χ1) is 34.2. The molecule has 1 aliphatic heterocycles. The minimum Gasteiger partial charge on any atom is -0.394 e. The SMILES string of the molecule is CCCCCCCCCCCCCCCCCCCCCCCCCCC(O)C(=O)NC(COC1OC(CO)C(O)C(O)C1O)C(O)C(O)CCCCCCCCCCCCCCCCCCCCC. The molecule has 1 rings (SSSR count). The van der Waals surface area contributed by atoms with Crippen LogP contribution in [0.1, 0.15) is 303 Å². The van der Waals surface area contributed by atoms with Crippen molar-refractivity contribution < 1.29 is 50.0 Å². The summed E-state index contributed by atoms with van der Waals surface area (Å²) in [5.41, 5.74) is 0. The molecule has 70 heavy (non-hydrogen) atoms. The minimum absolute atomic E-state index is 0.267. The average molecular weight is 1000 g/mol.